The van der Waals surface area contributed by atoms with Crippen LogP contribution in [0.2, 0.25) is 0 Å². The summed E-state index contributed by atoms with van der Waals surface area (Å²) in [4.78, 5) is 26.5. The zero-order chi connectivity index (χ0) is 33.7. The van der Waals surface area contributed by atoms with Crippen molar-refractivity contribution in [1.82, 2.24) is 0 Å². The molecule has 4 aromatic rings. The molecule has 0 fully saturated rings. The Morgan fingerprint density at radius 3 is 2.49 bits per heavy atom. The molecule has 0 amide bonds. The highest BCUT2D eigenvalue weighted by molar-refractivity contribution is 5.99. The molecule has 0 atom stereocenters. The number of ether oxygens (including phenoxy) is 6. The predicted molar refractivity (Wildman–Crippen MR) is 182 cm³/mol. The lowest BCUT2D eigenvalue weighted by molar-refractivity contribution is -0.137. The van der Waals surface area contributed by atoms with Gasteiger partial charge in [0.25, 0.3) is 0 Å². The van der Waals surface area contributed by atoms with E-state index in [1.807, 2.05) is 70.2 Å². The standard InChI is InChI=1S/C38H40O9/c1-8-43-32(39)13-10-18-44-37-26-16-17-38(4,5)47-28(26)20-30-34(37)35(40)33-27(15-14-23(2)3)36(42-7)31(21-29(33)46-30)45-22-24-11-9-12-25(19-24)41-6/h9-14,16-17,19-21H,8,15,18,22H2,1-7H3/b13-10+. The van der Waals surface area contributed by atoms with Gasteiger partial charge in [-0.15, -0.1) is 0 Å². The summed E-state index contributed by atoms with van der Waals surface area (Å²) < 4.78 is 41.5. The molecule has 0 saturated heterocycles. The van der Waals surface area contributed by atoms with Crippen LogP contribution in [0.15, 0.2) is 75.5 Å². The van der Waals surface area contributed by atoms with E-state index in [9.17, 15) is 9.59 Å². The van der Waals surface area contributed by atoms with Crippen LogP contribution in [0.5, 0.6) is 28.7 Å². The van der Waals surface area contributed by atoms with Crippen LogP contribution in [0.1, 0.15) is 51.3 Å². The van der Waals surface area contributed by atoms with Gasteiger partial charge >= 0.3 is 5.97 Å². The van der Waals surface area contributed by atoms with Gasteiger partial charge < -0.3 is 32.8 Å². The van der Waals surface area contributed by atoms with Crippen LogP contribution in [0.3, 0.4) is 0 Å². The number of allylic oxidation sites excluding steroid dienone is 2. The second-order valence-corrected chi connectivity index (χ2v) is 11.8. The van der Waals surface area contributed by atoms with E-state index in [1.54, 1.807) is 39.4 Å². The number of esters is 1. The van der Waals surface area contributed by atoms with E-state index in [0.717, 1.165) is 16.9 Å². The number of hydrogen-bond donors (Lipinski definition) is 0. The molecule has 0 bridgehead atoms. The Morgan fingerprint density at radius 2 is 1.77 bits per heavy atom. The molecule has 5 rings (SSSR count). The molecule has 9 heteroatoms. The van der Waals surface area contributed by atoms with E-state index in [0.29, 0.717) is 51.5 Å². The van der Waals surface area contributed by atoms with Crippen LogP contribution in [0.25, 0.3) is 28.0 Å². The average Bonchev–Trinajstić information content (AvgIpc) is 3.03. The SMILES string of the molecule is CCOC(=O)/C=C/COc1c2c(cc3oc4cc(OCc5cccc(OC)c5)c(OC)c(CC=C(C)C)c4c(=O)c13)OC(C)(C)C=C2. The third kappa shape index (κ3) is 7.30. The average molecular weight is 641 g/mol. The fourth-order valence-electron chi connectivity index (χ4n) is 5.38. The highest BCUT2D eigenvalue weighted by atomic mass is 16.5. The Hall–Kier alpha value is -5.18. The number of carbonyl (C=O) groups excluding carboxylic acids is 1. The van der Waals surface area contributed by atoms with Gasteiger partial charge in [-0.2, -0.15) is 0 Å². The van der Waals surface area contributed by atoms with Gasteiger partial charge in [-0.1, -0.05) is 23.8 Å². The molecule has 2 heterocycles. The summed E-state index contributed by atoms with van der Waals surface area (Å²) in [5.41, 5.74) is 2.94. The van der Waals surface area contributed by atoms with E-state index >= 15 is 0 Å². The minimum absolute atomic E-state index is 0.00404. The first-order valence-corrected chi connectivity index (χ1v) is 15.5. The van der Waals surface area contributed by atoms with Gasteiger partial charge in [-0.25, -0.2) is 4.79 Å². The Balaban J connectivity index is 1.71. The van der Waals surface area contributed by atoms with Crippen molar-refractivity contribution in [2.24, 2.45) is 0 Å². The first kappa shape index (κ1) is 33.2. The van der Waals surface area contributed by atoms with Crippen molar-refractivity contribution < 1.29 is 37.6 Å². The van der Waals surface area contributed by atoms with Crippen LogP contribution < -0.4 is 29.1 Å². The summed E-state index contributed by atoms with van der Waals surface area (Å²) in [7, 11) is 3.17. The first-order valence-electron chi connectivity index (χ1n) is 15.5. The quantitative estimate of drug-likeness (QED) is 0.0666. The van der Waals surface area contributed by atoms with Crippen LogP contribution in [-0.2, 0) is 22.6 Å². The number of carbonyl (C=O) groups is 1. The molecule has 3 aromatic carbocycles. The van der Waals surface area contributed by atoms with Crippen molar-refractivity contribution in [3.63, 3.8) is 0 Å². The molecule has 1 aliphatic rings. The second-order valence-electron chi connectivity index (χ2n) is 11.8. The van der Waals surface area contributed by atoms with Gasteiger partial charge in [0.1, 0.15) is 52.6 Å². The van der Waals surface area contributed by atoms with Crippen molar-refractivity contribution in [2.75, 3.05) is 27.4 Å². The van der Waals surface area contributed by atoms with Gasteiger partial charge in [0.15, 0.2) is 11.5 Å². The highest BCUT2D eigenvalue weighted by Crippen LogP contribution is 2.44. The number of hydrogen-bond acceptors (Lipinski definition) is 9. The number of benzene rings is 3. The molecule has 9 nitrogen and oxygen atoms in total. The zero-order valence-corrected chi connectivity index (χ0v) is 27.9. The smallest absolute Gasteiger partial charge is 0.330 e. The van der Waals surface area contributed by atoms with Gasteiger partial charge in [0.05, 0.1) is 31.8 Å². The lowest BCUT2D eigenvalue weighted by Gasteiger charge is -2.29. The van der Waals surface area contributed by atoms with Gasteiger partial charge in [-0.05, 0) is 77.0 Å². The van der Waals surface area contributed by atoms with E-state index in [1.165, 1.54) is 6.08 Å². The third-order valence-corrected chi connectivity index (χ3v) is 7.56. The molecular weight excluding hydrogens is 600 g/mol. The van der Waals surface area contributed by atoms with Gasteiger partial charge in [0.2, 0.25) is 5.43 Å². The monoisotopic (exact) mass is 640 g/mol. The molecule has 47 heavy (non-hydrogen) atoms. The Kier molecular flexibility index (Phi) is 9.94. The topological polar surface area (TPSA) is 103 Å². The molecule has 246 valence electrons. The molecule has 0 N–H and O–H groups in total. The molecule has 1 aliphatic heterocycles. The second kappa shape index (κ2) is 14.1. The molecule has 0 spiro atoms. The third-order valence-electron chi connectivity index (χ3n) is 7.56. The fourth-order valence-corrected chi connectivity index (χ4v) is 5.38. The fraction of sp³-hybridized carbons (Fsp3) is 0.316. The summed E-state index contributed by atoms with van der Waals surface area (Å²) in [6.45, 7) is 10.1. The Bertz CT molecular complexity index is 1960. The van der Waals surface area contributed by atoms with Crippen molar-refractivity contribution >= 4 is 34.0 Å². The van der Waals surface area contributed by atoms with Gasteiger partial charge in [-0.3, -0.25) is 4.79 Å². The Labute approximate surface area is 274 Å². The van der Waals surface area contributed by atoms with Crippen molar-refractivity contribution in [2.45, 2.75) is 53.2 Å². The molecule has 1 aromatic heterocycles. The molecule has 0 radical (unpaired) electrons. The molecule has 0 unspecified atom stereocenters. The lowest BCUT2D eigenvalue weighted by Crippen LogP contribution is -2.27. The van der Waals surface area contributed by atoms with E-state index < -0.39 is 11.6 Å². The minimum atomic E-state index is -0.592. The van der Waals surface area contributed by atoms with E-state index in [-0.39, 0.29) is 36.2 Å². The zero-order valence-electron chi connectivity index (χ0n) is 27.9. The summed E-state index contributed by atoms with van der Waals surface area (Å²) >= 11 is 0. The molecule has 0 aliphatic carbocycles. The normalized spacial score (nSPS) is 13.3. The summed E-state index contributed by atoms with van der Waals surface area (Å²) in [5.74, 6) is 1.90. The summed E-state index contributed by atoms with van der Waals surface area (Å²) in [6.07, 6.45) is 9.04. The number of rotatable bonds is 12. The molecular formula is C38H40O9. The van der Waals surface area contributed by atoms with Crippen LogP contribution in [0.4, 0.5) is 0 Å². The molecule has 0 saturated carbocycles. The van der Waals surface area contributed by atoms with Crippen LogP contribution >= 0.6 is 0 Å². The van der Waals surface area contributed by atoms with Crippen LogP contribution in [-0.4, -0.2) is 39.0 Å². The van der Waals surface area contributed by atoms with E-state index in [2.05, 4.69) is 0 Å². The maximum atomic E-state index is 14.6. The van der Waals surface area contributed by atoms with E-state index in [4.69, 9.17) is 32.8 Å². The number of methoxy groups -OCH3 is 2. The van der Waals surface area contributed by atoms with Gasteiger partial charge in [0, 0.05) is 23.8 Å². The lowest BCUT2D eigenvalue weighted by atomic mass is 9.97. The largest absolute Gasteiger partial charge is 0.497 e. The van der Waals surface area contributed by atoms with Crippen molar-refractivity contribution in [1.29, 1.82) is 0 Å². The van der Waals surface area contributed by atoms with Crippen molar-refractivity contribution in [3.8, 4) is 28.7 Å². The Morgan fingerprint density at radius 1 is 0.979 bits per heavy atom. The summed E-state index contributed by atoms with van der Waals surface area (Å²) in [5, 5.41) is 0.604. The van der Waals surface area contributed by atoms with Crippen molar-refractivity contribution in [3.05, 3.63) is 93.2 Å². The highest BCUT2D eigenvalue weighted by Gasteiger charge is 2.29. The maximum absolute atomic E-state index is 14.6. The summed E-state index contributed by atoms with van der Waals surface area (Å²) in [6, 6.07) is 11.0. The maximum Gasteiger partial charge on any atom is 0.330 e. The number of fused-ring (bicyclic) bond motifs is 3. The van der Waals surface area contributed by atoms with Crippen LogP contribution in [0, 0.1) is 0 Å². The first-order chi connectivity index (χ1) is 22.5. The predicted octanol–water partition coefficient (Wildman–Crippen LogP) is 7.73. The minimum Gasteiger partial charge on any atom is -0.497 e.